The van der Waals surface area contributed by atoms with E-state index in [1.807, 2.05) is 6.20 Å². The van der Waals surface area contributed by atoms with Gasteiger partial charge >= 0.3 is 0 Å². The van der Waals surface area contributed by atoms with E-state index >= 15 is 4.39 Å². The minimum atomic E-state index is -1.18. The average Bonchev–Trinajstić information content (AvgIpc) is 3.57. The molecule has 10 unspecified atom stereocenters. The molecule has 3 aliphatic carbocycles. The van der Waals surface area contributed by atoms with Crippen LogP contribution in [0.2, 0.25) is 0 Å². The maximum atomic E-state index is 16.1. The molecule has 0 radical (unpaired) electrons. The standard InChI is InChI=1S/C31H48FN5O3/c1-35-11-4-7-21(35)8-10-34-27-24(32)15-22-28-30(27)40-26-14-19-6-3-2-5-18(19)13-25(26)37(28)17-23(29(22)38)31(39)36-12-9-20(33)16-36/h17-22,24-28,30,34H,2-16,33H2,1H3/t18?,19?,20-,21?,22?,24?,25?,26?,27?,28?,30?/m1/s1. The van der Waals surface area contributed by atoms with E-state index in [4.69, 9.17) is 10.5 Å². The fourth-order valence-electron chi connectivity index (χ4n) is 9.59. The van der Waals surface area contributed by atoms with Gasteiger partial charge in [0.2, 0.25) is 0 Å². The van der Waals surface area contributed by atoms with Crippen LogP contribution in [0.5, 0.6) is 0 Å². The van der Waals surface area contributed by atoms with Crippen LogP contribution in [0.1, 0.15) is 70.6 Å². The van der Waals surface area contributed by atoms with Crippen molar-refractivity contribution in [2.24, 2.45) is 23.5 Å². The van der Waals surface area contributed by atoms with E-state index in [9.17, 15) is 9.59 Å². The van der Waals surface area contributed by atoms with Gasteiger partial charge in [0.15, 0.2) is 5.78 Å². The SMILES string of the molecule is CN1CCCC1CCNC1C(F)CC2C(=O)C(C(=O)N3CC[C@@H](N)C3)=CN3C4CC5CCCCC5CC4OC1C23. The Morgan fingerprint density at radius 3 is 2.62 bits per heavy atom. The highest BCUT2D eigenvalue weighted by atomic mass is 19.1. The number of carbonyl (C=O) groups is 2. The number of carbonyl (C=O) groups excluding carboxylic acids is 2. The largest absolute Gasteiger partial charge is 0.369 e. The highest BCUT2D eigenvalue weighted by molar-refractivity contribution is 6.20. The van der Waals surface area contributed by atoms with Gasteiger partial charge in [-0.25, -0.2) is 4.39 Å². The van der Waals surface area contributed by atoms with Crippen molar-refractivity contribution in [1.82, 2.24) is 20.0 Å². The van der Waals surface area contributed by atoms with Gasteiger partial charge in [0, 0.05) is 37.3 Å². The molecule has 0 bridgehead atoms. The molecule has 0 aromatic carbocycles. The summed E-state index contributed by atoms with van der Waals surface area (Å²) in [5.41, 5.74) is 6.34. The van der Waals surface area contributed by atoms with Crippen LogP contribution in [0.4, 0.5) is 4.39 Å². The van der Waals surface area contributed by atoms with Gasteiger partial charge in [0.05, 0.1) is 35.9 Å². The number of rotatable bonds is 5. The average molecular weight is 558 g/mol. The summed E-state index contributed by atoms with van der Waals surface area (Å²) < 4.78 is 23.0. The lowest BCUT2D eigenvalue weighted by Gasteiger charge is -2.61. The van der Waals surface area contributed by atoms with Crippen LogP contribution < -0.4 is 11.1 Å². The van der Waals surface area contributed by atoms with Gasteiger partial charge in [-0.05, 0) is 76.9 Å². The molecule has 9 heteroatoms. The number of hydrogen-bond acceptors (Lipinski definition) is 7. The summed E-state index contributed by atoms with van der Waals surface area (Å²) in [5.74, 6) is 0.367. The smallest absolute Gasteiger partial charge is 0.259 e. The Balaban J connectivity index is 1.18. The summed E-state index contributed by atoms with van der Waals surface area (Å²) in [6.07, 6.45) is 11.8. The van der Waals surface area contributed by atoms with Crippen molar-refractivity contribution in [3.8, 4) is 0 Å². The number of halogens is 1. The predicted octanol–water partition coefficient (Wildman–Crippen LogP) is 2.22. The molecular formula is C31H48FN5O3. The third-order valence-corrected chi connectivity index (χ3v) is 11.8. The summed E-state index contributed by atoms with van der Waals surface area (Å²) in [6.45, 7) is 2.94. The minimum absolute atomic E-state index is 0.0119. The molecule has 8 nitrogen and oxygen atoms in total. The van der Waals surface area contributed by atoms with Crippen molar-refractivity contribution in [3.05, 3.63) is 11.8 Å². The number of Topliss-reactive ketones (excluding diaryl/α,β-unsaturated/α-hetero) is 1. The molecule has 1 amide bonds. The summed E-state index contributed by atoms with van der Waals surface area (Å²) >= 11 is 0. The number of alkyl halides is 1. The molecule has 0 aromatic rings. The van der Waals surface area contributed by atoms with Crippen molar-refractivity contribution < 1.29 is 18.7 Å². The van der Waals surface area contributed by atoms with Crippen LogP contribution in [0.15, 0.2) is 11.8 Å². The summed E-state index contributed by atoms with van der Waals surface area (Å²) in [4.78, 5) is 34.0. The van der Waals surface area contributed by atoms with Crippen LogP contribution in [0, 0.1) is 17.8 Å². The van der Waals surface area contributed by atoms with Gasteiger partial charge in [-0.3, -0.25) is 9.59 Å². The van der Waals surface area contributed by atoms with Gasteiger partial charge in [-0.15, -0.1) is 0 Å². The molecule has 3 N–H and O–H groups in total. The maximum Gasteiger partial charge on any atom is 0.259 e. The van der Waals surface area contributed by atoms with Crippen molar-refractivity contribution in [3.63, 3.8) is 0 Å². The Labute approximate surface area is 238 Å². The number of nitrogens with two attached hydrogens (primary N) is 1. The van der Waals surface area contributed by atoms with Crippen LogP contribution >= 0.6 is 0 Å². The summed E-state index contributed by atoms with van der Waals surface area (Å²) in [6, 6.07) is -0.0113. The third kappa shape index (κ3) is 4.73. The number of ether oxygens (including phenoxy) is 1. The molecule has 3 saturated heterocycles. The van der Waals surface area contributed by atoms with E-state index in [1.165, 1.54) is 38.5 Å². The van der Waals surface area contributed by atoms with Gasteiger partial charge in [-0.2, -0.15) is 0 Å². The second-order valence-electron chi connectivity index (χ2n) is 14.0. The zero-order valence-electron chi connectivity index (χ0n) is 24.1. The van der Waals surface area contributed by atoms with Crippen LogP contribution in [0.3, 0.4) is 0 Å². The first-order valence-corrected chi connectivity index (χ1v) is 16.2. The molecule has 222 valence electrons. The molecule has 3 saturated carbocycles. The quantitative estimate of drug-likeness (QED) is 0.501. The second-order valence-corrected chi connectivity index (χ2v) is 14.0. The molecule has 11 atom stereocenters. The molecule has 4 heterocycles. The van der Waals surface area contributed by atoms with Gasteiger partial charge < -0.3 is 30.5 Å². The Morgan fingerprint density at radius 1 is 1.10 bits per heavy atom. The van der Waals surface area contributed by atoms with E-state index in [0.717, 1.165) is 38.8 Å². The van der Waals surface area contributed by atoms with E-state index in [-0.39, 0.29) is 47.9 Å². The zero-order valence-corrected chi connectivity index (χ0v) is 24.1. The maximum absolute atomic E-state index is 16.1. The zero-order chi connectivity index (χ0) is 27.5. The number of amides is 1. The predicted molar refractivity (Wildman–Crippen MR) is 150 cm³/mol. The Morgan fingerprint density at radius 2 is 1.90 bits per heavy atom. The number of fused-ring (bicyclic) bond motifs is 3. The van der Waals surface area contributed by atoms with Crippen molar-refractivity contribution in [2.45, 2.75) is 119 Å². The number of hydrogen-bond donors (Lipinski definition) is 2. The van der Waals surface area contributed by atoms with Gasteiger partial charge in [0.25, 0.3) is 5.91 Å². The van der Waals surface area contributed by atoms with E-state index in [2.05, 4.69) is 22.2 Å². The number of nitrogens with one attached hydrogen (secondary N) is 1. The molecule has 4 aliphatic heterocycles. The molecule has 6 fully saturated rings. The molecular weight excluding hydrogens is 509 g/mol. The van der Waals surface area contributed by atoms with Crippen LogP contribution in [0.25, 0.3) is 0 Å². The third-order valence-electron chi connectivity index (χ3n) is 11.8. The molecule has 0 aromatic heterocycles. The summed E-state index contributed by atoms with van der Waals surface area (Å²) in [7, 11) is 2.18. The molecule has 7 rings (SSSR count). The monoisotopic (exact) mass is 557 g/mol. The van der Waals surface area contributed by atoms with Crippen LogP contribution in [-0.2, 0) is 14.3 Å². The highest BCUT2D eigenvalue weighted by Gasteiger charge is 2.59. The second kappa shape index (κ2) is 10.9. The van der Waals surface area contributed by atoms with Crippen molar-refractivity contribution in [2.75, 3.05) is 33.2 Å². The fourth-order valence-corrected chi connectivity index (χ4v) is 9.59. The lowest BCUT2D eigenvalue weighted by atomic mass is 9.65. The van der Waals surface area contributed by atoms with Gasteiger partial charge in [0.1, 0.15) is 6.17 Å². The van der Waals surface area contributed by atoms with Crippen molar-refractivity contribution >= 4 is 11.7 Å². The summed E-state index contributed by atoms with van der Waals surface area (Å²) in [5, 5.41) is 3.58. The normalized spacial score (nSPS) is 45.1. The van der Waals surface area contributed by atoms with Gasteiger partial charge in [-0.1, -0.05) is 25.7 Å². The lowest BCUT2D eigenvalue weighted by Crippen LogP contribution is -2.73. The Bertz CT molecular complexity index is 1020. The fraction of sp³-hybridized carbons (Fsp3) is 0.871. The topological polar surface area (TPSA) is 91.1 Å². The Kier molecular flexibility index (Phi) is 7.46. The first kappa shape index (κ1) is 27.3. The molecule has 0 spiro atoms. The van der Waals surface area contributed by atoms with E-state index in [0.29, 0.717) is 31.0 Å². The number of ketones is 1. The first-order valence-electron chi connectivity index (χ1n) is 16.2. The number of likely N-dealkylation sites (tertiary alicyclic amines) is 2. The molecule has 40 heavy (non-hydrogen) atoms. The van der Waals surface area contributed by atoms with Crippen molar-refractivity contribution in [1.29, 1.82) is 0 Å². The van der Waals surface area contributed by atoms with E-state index < -0.39 is 24.2 Å². The first-order chi connectivity index (χ1) is 19.4. The Hall–Kier alpha value is -1.55. The lowest BCUT2D eigenvalue weighted by molar-refractivity contribution is -0.208. The minimum Gasteiger partial charge on any atom is -0.369 e. The van der Waals surface area contributed by atoms with Crippen LogP contribution in [-0.4, -0.2) is 108 Å². The molecule has 7 aliphatic rings. The number of morpholine rings is 1. The highest BCUT2D eigenvalue weighted by Crippen LogP contribution is 2.50. The van der Waals surface area contributed by atoms with E-state index in [1.54, 1.807) is 4.90 Å². The number of nitrogens with zero attached hydrogens (tertiary/aromatic N) is 3.